The molecule has 0 saturated carbocycles. The van der Waals surface area contributed by atoms with E-state index in [0.717, 1.165) is 17.9 Å². The van der Waals surface area contributed by atoms with Gasteiger partial charge in [0.05, 0.1) is 6.10 Å². The van der Waals surface area contributed by atoms with E-state index in [1.807, 2.05) is 4.68 Å². The third kappa shape index (κ3) is 4.43. The summed E-state index contributed by atoms with van der Waals surface area (Å²) in [6, 6.07) is 5.34. The lowest BCUT2D eigenvalue weighted by atomic mass is 10.1. The molecule has 2 rings (SSSR count). The quantitative estimate of drug-likeness (QED) is 0.884. The monoisotopic (exact) mass is 327 g/mol. The van der Waals surface area contributed by atoms with Crippen LogP contribution < -0.4 is 0 Å². The van der Waals surface area contributed by atoms with Crippen LogP contribution in [0.4, 0.5) is 0 Å². The largest absolute Gasteiger partial charge is 0.392 e. The fourth-order valence-corrected chi connectivity index (χ4v) is 2.74. The molecule has 2 aromatic rings. The smallest absolute Gasteiger partial charge is 0.138 e. The van der Waals surface area contributed by atoms with Crippen LogP contribution in [0.15, 0.2) is 24.5 Å². The molecule has 1 atom stereocenters. The second kappa shape index (κ2) is 7.25. The van der Waals surface area contributed by atoms with E-state index in [9.17, 15) is 5.11 Å². The third-order valence-corrected chi connectivity index (χ3v) is 3.86. The number of benzene rings is 1. The molecular formula is C15H19Cl2N3O. The van der Waals surface area contributed by atoms with Crippen LogP contribution in [-0.2, 0) is 19.4 Å². The number of nitrogens with zero attached hydrogens (tertiary/aromatic N) is 3. The zero-order chi connectivity index (χ0) is 15.4. The third-order valence-electron chi connectivity index (χ3n) is 3.15. The Morgan fingerprint density at radius 1 is 1.19 bits per heavy atom. The molecule has 0 radical (unpaired) electrons. The molecule has 4 nitrogen and oxygen atoms in total. The van der Waals surface area contributed by atoms with Crippen molar-refractivity contribution in [2.45, 2.75) is 39.3 Å². The normalized spacial score (nSPS) is 12.9. The van der Waals surface area contributed by atoms with E-state index in [2.05, 4.69) is 23.9 Å². The average Bonchev–Trinajstić information content (AvgIpc) is 2.80. The second-order valence-electron chi connectivity index (χ2n) is 5.51. The van der Waals surface area contributed by atoms with E-state index >= 15 is 0 Å². The zero-order valence-electron chi connectivity index (χ0n) is 12.1. The minimum Gasteiger partial charge on any atom is -0.392 e. The number of halogens is 2. The van der Waals surface area contributed by atoms with Crippen molar-refractivity contribution in [3.63, 3.8) is 0 Å². The molecule has 1 aromatic carbocycles. The van der Waals surface area contributed by atoms with Gasteiger partial charge in [0, 0.05) is 29.4 Å². The maximum atomic E-state index is 10.3. The fourth-order valence-electron chi connectivity index (χ4n) is 2.19. The van der Waals surface area contributed by atoms with Gasteiger partial charge in [-0.05, 0) is 23.6 Å². The van der Waals surface area contributed by atoms with E-state index in [-0.39, 0.29) is 0 Å². The molecule has 114 valence electrons. The molecule has 1 aromatic heterocycles. The SMILES string of the molecule is CC(C)Cn1ncnc1CC(O)Cc1c(Cl)cccc1Cl. The number of aromatic nitrogens is 3. The average molecular weight is 328 g/mol. The van der Waals surface area contributed by atoms with Crippen LogP contribution in [0.25, 0.3) is 0 Å². The minimum atomic E-state index is -0.600. The van der Waals surface area contributed by atoms with Crippen LogP contribution in [-0.4, -0.2) is 26.0 Å². The van der Waals surface area contributed by atoms with E-state index in [1.165, 1.54) is 6.33 Å². The van der Waals surface area contributed by atoms with Crippen LogP contribution >= 0.6 is 23.2 Å². The van der Waals surface area contributed by atoms with Gasteiger partial charge < -0.3 is 5.11 Å². The Kier molecular flexibility index (Phi) is 5.62. The Labute approximate surface area is 134 Å². The predicted molar refractivity (Wildman–Crippen MR) is 84.7 cm³/mol. The van der Waals surface area contributed by atoms with Crippen molar-refractivity contribution >= 4 is 23.2 Å². The van der Waals surface area contributed by atoms with Gasteiger partial charge in [-0.15, -0.1) is 0 Å². The van der Waals surface area contributed by atoms with Crippen molar-refractivity contribution in [2.75, 3.05) is 0 Å². The second-order valence-corrected chi connectivity index (χ2v) is 6.33. The molecule has 0 aliphatic carbocycles. The van der Waals surface area contributed by atoms with E-state index in [1.54, 1.807) is 18.2 Å². The lowest BCUT2D eigenvalue weighted by Gasteiger charge is -2.14. The van der Waals surface area contributed by atoms with E-state index < -0.39 is 6.10 Å². The number of hydrogen-bond acceptors (Lipinski definition) is 3. The number of aliphatic hydroxyl groups is 1. The summed E-state index contributed by atoms with van der Waals surface area (Å²) in [7, 11) is 0. The van der Waals surface area contributed by atoms with Crippen LogP contribution in [0, 0.1) is 5.92 Å². The highest BCUT2D eigenvalue weighted by Crippen LogP contribution is 2.26. The molecule has 1 N–H and O–H groups in total. The molecule has 0 spiro atoms. The van der Waals surface area contributed by atoms with E-state index in [0.29, 0.717) is 28.8 Å². The van der Waals surface area contributed by atoms with Gasteiger partial charge in [-0.1, -0.05) is 43.1 Å². The summed E-state index contributed by atoms with van der Waals surface area (Å²) < 4.78 is 1.84. The molecule has 0 aliphatic rings. The first-order valence-corrected chi connectivity index (χ1v) is 7.70. The Morgan fingerprint density at radius 2 is 1.86 bits per heavy atom. The number of hydrogen-bond donors (Lipinski definition) is 1. The van der Waals surface area contributed by atoms with Gasteiger partial charge in [0.1, 0.15) is 12.2 Å². The molecule has 1 heterocycles. The summed E-state index contributed by atoms with van der Waals surface area (Å²) in [6.45, 7) is 5.02. The Morgan fingerprint density at radius 3 is 2.48 bits per heavy atom. The predicted octanol–water partition coefficient (Wildman–Crippen LogP) is 3.39. The van der Waals surface area contributed by atoms with Gasteiger partial charge in [-0.2, -0.15) is 5.10 Å². The van der Waals surface area contributed by atoms with Crippen molar-refractivity contribution in [2.24, 2.45) is 5.92 Å². The fraction of sp³-hybridized carbons (Fsp3) is 0.467. The maximum Gasteiger partial charge on any atom is 0.138 e. The first-order chi connectivity index (χ1) is 9.97. The summed E-state index contributed by atoms with van der Waals surface area (Å²) in [5.74, 6) is 1.25. The minimum absolute atomic E-state index is 0.396. The highest BCUT2D eigenvalue weighted by atomic mass is 35.5. The molecule has 0 bridgehead atoms. The summed E-state index contributed by atoms with van der Waals surface area (Å²) in [5, 5.41) is 15.6. The Balaban J connectivity index is 2.05. The summed E-state index contributed by atoms with van der Waals surface area (Å²) in [4.78, 5) is 4.22. The van der Waals surface area contributed by atoms with Gasteiger partial charge in [0.2, 0.25) is 0 Å². The van der Waals surface area contributed by atoms with Crippen molar-refractivity contribution in [1.82, 2.24) is 14.8 Å². The standard InChI is InChI=1S/C15H19Cl2N3O/c1-10(2)8-20-15(18-9-19-20)7-11(21)6-12-13(16)4-3-5-14(12)17/h3-5,9-11,21H,6-8H2,1-2H3. The molecular weight excluding hydrogens is 309 g/mol. The molecule has 0 amide bonds. The van der Waals surface area contributed by atoms with Gasteiger partial charge in [0.25, 0.3) is 0 Å². The molecule has 0 aliphatic heterocycles. The van der Waals surface area contributed by atoms with Gasteiger partial charge in [-0.3, -0.25) is 0 Å². The van der Waals surface area contributed by atoms with Crippen molar-refractivity contribution in [1.29, 1.82) is 0 Å². The number of aliphatic hydroxyl groups excluding tert-OH is 1. The molecule has 0 fully saturated rings. The molecule has 1 unspecified atom stereocenters. The molecule has 6 heteroatoms. The van der Waals surface area contributed by atoms with Crippen molar-refractivity contribution in [3.05, 3.63) is 46.0 Å². The van der Waals surface area contributed by atoms with Crippen LogP contribution in [0.5, 0.6) is 0 Å². The maximum absolute atomic E-state index is 10.3. The van der Waals surface area contributed by atoms with Crippen LogP contribution in [0.3, 0.4) is 0 Å². The van der Waals surface area contributed by atoms with Crippen molar-refractivity contribution in [3.8, 4) is 0 Å². The molecule has 21 heavy (non-hydrogen) atoms. The van der Waals surface area contributed by atoms with Crippen molar-refractivity contribution < 1.29 is 5.11 Å². The van der Waals surface area contributed by atoms with E-state index in [4.69, 9.17) is 23.2 Å². The first kappa shape index (κ1) is 16.3. The summed E-state index contributed by atoms with van der Waals surface area (Å²) in [6.07, 6.45) is 1.74. The first-order valence-electron chi connectivity index (χ1n) is 6.95. The van der Waals surface area contributed by atoms with Gasteiger partial charge in [-0.25, -0.2) is 9.67 Å². The highest BCUT2D eigenvalue weighted by Gasteiger charge is 2.15. The summed E-state index contributed by atoms with van der Waals surface area (Å²) in [5.41, 5.74) is 0.767. The Bertz CT molecular complexity index is 578. The van der Waals surface area contributed by atoms with Crippen LogP contribution in [0.1, 0.15) is 25.2 Å². The van der Waals surface area contributed by atoms with Gasteiger partial charge >= 0.3 is 0 Å². The highest BCUT2D eigenvalue weighted by molar-refractivity contribution is 6.35. The lowest BCUT2D eigenvalue weighted by Crippen LogP contribution is -2.19. The lowest BCUT2D eigenvalue weighted by molar-refractivity contribution is 0.170. The van der Waals surface area contributed by atoms with Crippen LogP contribution in [0.2, 0.25) is 10.0 Å². The zero-order valence-corrected chi connectivity index (χ0v) is 13.6. The topological polar surface area (TPSA) is 50.9 Å². The van der Waals surface area contributed by atoms with Gasteiger partial charge in [0.15, 0.2) is 0 Å². The summed E-state index contributed by atoms with van der Waals surface area (Å²) >= 11 is 12.3. The number of rotatable bonds is 6. The Hall–Kier alpha value is -1.10. The molecule has 0 saturated heterocycles.